The van der Waals surface area contributed by atoms with Gasteiger partial charge in [0, 0.05) is 49.6 Å². The maximum atomic E-state index is 14.2. The molecule has 13 nitrogen and oxygen atoms in total. The van der Waals surface area contributed by atoms with Gasteiger partial charge >= 0.3 is 6.09 Å². The Balaban J connectivity index is 1.35. The van der Waals surface area contributed by atoms with Crippen molar-refractivity contribution in [2.24, 2.45) is 5.92 Å². The molecule has 0 radical (unpaired) electrons. The summed E-state index contributed by atoms with van der Waals surface area (Å²) in [5.41, 5.74) is 2.06. The number of ether oxygens (including phenoxy) is 2. The first-order valence-electron chi connectivity index (χ1n) is 18.7. The number of aliphatic hydroxyl groups is 1. The van der Waals surface area contributed by atoms with Crippen LogP contribution in [0.15, 0.2) is 53.9 Å². The van der Waals surface area contributed by atoms with Crippen LogP contribution in [-0.4, -0.2) is 111 Å². The lowest BCUT2D eigenvalue weighted by Crippen LogP contribution is -2.63. The van der Waals surface area contributed by atoms with Gasteiger partial charge in [-0.1, -0.05) is 64.1 Å². The van der Waals surface area contributed by atoms with Crippen molar-refractivity contribution in [2.75, 3.05) is 33.0 Å². The summed E-state index contributed by atoms with van der Waals surface area (Å²) in [7, 11) is 0. The van der Waals surface area contributed by atoms with E-state index < -0.39 is 41.8 Å². The number of hydrogen-bond acceptors (Lipinski definition) is 10. The number of carboxylic acid groups (broad SMARTS) is 1. The van der Waals surface area contributed by atoms with Gasteiger partial charge in [-0.3, -0.25) is 24.3 Å². The van der Waals surface area contributed by atoms with Crippen molar-refractivity contribution < 1.29 is 34.1 Å². The van der Waals surface area contributed by atoms with Gasteiger partial charge in [0.1, 0.15) is 12.1 Å². The molecular formula is C40H56N6O7S. The number of nitrogens with one attached hydrogen (secondary N) is 2. The van der Waals surface area contributed by atoms with Gasteiger partial charge in [-0.05, 0) is 56.4 Å². The van der Waals surface area contributed by atoms with Crippen molar-refractivity contribution in [2.45, 2.75) is 104 Å². The Morgan fingerprint density at radius 3 is 2.39 bits per heavy atom. The van der Waals surface area contributed by atoms with Crippen molar-refractivity contribution in [1.82, 2.24) is 30.3 Å². The zero-order chi connectivity index (χ0) is 39.2. The zero-order valence-electron chi connectivity index (χ0n) is 32.4. The second-order valence-corrected chi connectivity index (χ2v) is 16.9. The first-order valence-corrected chi connectivity index (χ1v) is 19.6. The van der Waals surface area contributed by atoms with E-state index in [1.54, 1.807) is 0 Å². The molecule has 2 aliphatic rings. The van der Waals surface area contributed by atoms with E-state index in [9.17, 15) is 24.6 Å². The molecule has 3 amide bonds. The van der Waals surface area contributed by atoms with Crippen molar-refractivity contribution in [3.05, 3.63) is 75.7 Å². The highest BCUT2D eigenvalue weighted by Gasteiger charge is 2.39. The molecule has 4 atom stereocenters. The summed E-state index contributed by atoms with van der Waals surface area (Å²) < 4.78 is 11.1. The Labute approximate surface area is 322 Å². The molecule has 0 spiro atoms. The van der Waals surface area contributed by atoms with E-state index >= 15 is 0 Å². The second-order valence-electron chi connectivity index (χ2n) is 16.0. The molecule has 14 heteroatoms. The average Bonchev–Trinajstić information content (AvgIpc) is 3.78. The van der Waals surface area contributed by atoms with E-state index in [0.717, 1.165) is 21.0 Å². The highest BCUT2D eigenvalue weighted by molar-refractivity contribution is 7.09. The van der Waals surface area contributed by atoms with Gasteiger partial charge in [0.05, 0.1) is 29.4 Å². The Bertz CT molecular complexity index is 1730. The number of benzene rings is 2. The number of thiazole rings is 1. The smallest absolute Gasteiger partial charge is 0.408 e. The van der Waals surface area contributed by atoms with Gasteiger partial charge in [0.15, 0.2) is 11.5 Å². The summed E-state index contributed by atoms with van der Waals surface area (Å²) in [5.74, 6) is 0.603. The van der Waals surface area contributed by atoms with Crippen molar-refractivity contribution >= 4 is 29.2 Å². The highest BCUT2D eigenvalue weighted by atomic mass is 32.1. The molecular weight excluding hydrogens is 709 g/mol. The summed E-state index contributed by atoms with van der Waals surface area (Å²) in [5, 5.41) is 31.2. The number of aliphatic hydroxyl groups excluding tert-OH is 1. The minimum atomic E-state index is -1.23. The van der Waals surface area contributed by atoms with Crippen molar-refractivity contribution in [3.63, 3.8) is 0 Å². The fraction of sp³-hybridized carbons (Fsp3) is 0.550. The predicted octanol–water partition coefficient (Wildman–Crippen LogP) is 4.69. The van der Waals surface area contributed by atoms with Crippen LogP contribution in [0, 0.1) is 5.92 Å². The first kappa shape index (κ1) is 40.9. The standard InChI is InChI=1S/C40H56N6O7S/c1-25(2)35(46(39(50)51)20-29-23-54-38(41-29)26(3)4)37(49)42-30(17-27-11-9-8-10-12-27)32(47)22-45-16-15-44(21-31(45)36(48)43-40(5,6)7)19-28-13-14-33-34(18-28)53-24-52-33/h8-14,18,23,25-26,30-32,35,47H,15-17,19-22,24H2,1-7H3,(H,42,49)(H,43,48)(H,50,51)/t30-,31-,32-,35-/m0/s1. The summed E-state index contributed by atoms with van der Waals surface area (Å²) >= 11 is 1.47. The largest absolute Gasteiger partial charge is 0.465 e. The summed E-state index contributed by atoms with van der Waals surface area (Å²) in [6, 6.07) is 13.0. The van der Waals surface area contributed by atoms with Gasteiger partial charge in [0.2, 0.25) is 18.6 Å². The van der Waals surface area contributed by atoms with Crippen LogP contribution in [-0.2, 0) is 29.1 Å². The maximum Gasteiger partial charge on any atom is 0.408 e. The van der Waals surface area contributed by atoms with Crippen LogP contribution >= 0.6 is 11.3 Å². The average molecular weight is 765 g/mol. The third-order valence-electron chi connectivity index (χ3n) is 9.61. The number of hydrogen-bond donors (Lipinski definition) is 4. The number of β-amino-alcohol motifs (C(OH)–C–C–N with tert-alkyl or cyclic N) is 1. The highest BCUT2D eigenvalue weighted by Crippen LogP contribution is 2.33. The lowest BCUT2D eigenvalue weighted by molar-refractivity contribution is -0.133. The Hall–Kier alpha value is -4.24. The molecule has 1 saturated heterocycles. The van der Waals surface area contributed by atoms with Gasteiger partial charge in [-0.15, -0.1) is 11.3 Å². The minimum absolute atomic E-state index is 0.0399. The van der Waals surface area contributed by atoms with Crippen LogP contribution in [0.25, 0.3) is 0 Å². The molecule has 5 rings (SSSR count). The molecule has 2 aromatic carbocycles. The molecule has 0 bridgehead atoms. The molecule has 3 heterocycles. The minimum Gasteiger partial charge on any atom is -0.465 e. The molecule has 294 valence electrons. The normalized spacial score (nSPS) is 18.0. The molecule has 0 aliphatic carbocycles. The molecule has 54 heavy (non-hydrogen) atoms. The lowest BCUT2D eigenvalue weighted by Gasteiger charge is -2.43. The van der Waals surface area contributed by atoms with Crippen LogP contribution in [0.5, 0.6) is 11.5 Å². The number of rotatable bonds is 15. The van der Waals surface area contributed by atoms with E-state index in [-0.39, 0.29) is 37.6 Å². The lowest BCUT2D eigenvalue weighted by atomic mass is 9.96. The molecule has 1 fully saturated rings. The van der Waals surface area contributed by atoms with Gasteiger partial charge in [0.25, 0.3) is 0 Å². The molecule has 4 N–H and O–H groups in total. The zero-order valence-corrected chi connectivity index (χ0v) is 33.3. The summed E-state index contributed by atoms with van der Waals surface area (Å²) in [6.45, 7) is 15.9. The molecule has 0 unspecified atom stereocenters. The third kappa shape index (κ3) is 10.9. The van der Waals surface area contributed by atoms with Crippen molar-refractivity contribution in [1.29, 1.82) is 0 Å². The van der Waals surface area contributed by atoms with E-state index in [0.29, 0.717) is 49.8 Å². The third-order valence-corrected chi connectivity index (χ3v) is 10.8. The van der Waals surface area contributed by atoms with Crippen LogP contribution in [0.3, 0.4) is 0 Å². The van der Waals surface area contributed by atoms with E-state index in [4.69, 9.17) is 9.47 Å². The molecule has 3 aromatic rings. The van der Waals surface area contributed by atoms with Crippen LogP contribution in [0.2, 0.25) is 0 Å². The molecule has 0 saturated carbocycles. The fourth-order valence-corrected chi connectivity index (χ4v) is 7.78. The SMILES string of the molecule is CC(C)c1nc(CN(C(=O)O)[C@H](C(=O)N[C@@H](Cc2ccccc2)[C@@H](O)CN2CCN(Cc3ccc4c(c3)OCO4)C[C@H]2C(=O)NC(C)(C)C)C(C)C)cs1. The number of aromatic nitrogens is 1. The van der Waals surface area contributed by atoms with Crippen LogP contribution in [0.4, 0.5) is 4.79 Å². The predicted molar refractivity (Wildman–Crippen MR) is 208 cm³/mol. The molecule has 2 aliphatic heterocycles. The van der Waals surface area contributed by atoms with E-state index in [2.05, 4.69) is 20.5 Å². The van der Waals surface area contributed by atoms with Crippen molar-refractivity contribution in [3.8, 4) is 11.5 Å². The van der Waals surface area contributed by atoms with Gasteiger partial charge in [-0.2, -0.15) is 0 Å². The van der Waals surface area contributed by atoms with Gasteiger partial charge in [-0.25, -0.2) is 9.78 Å². The number of carbonyl (C=O) groups excluding carboxylic acids is 2. The number of carbonyl (C=O) groups is 3. The maximum absolute atomic E-state index is 14.2. The fourth-order valence-electron chi connectivity index (χ4n) is 6.95. The number of fused-ring (bicyclic) bond motifs is 1. The quantitative estimate of drug-likeness (QED) is 0.171. The van der Waals surface area contributed by atoms with E-state index in [1.807, 2.05) is 107 Å². The summed E-state index contributed by atoms with van der Waals surface area (Å²) in [4.78, 5) is 50.7. The van der Waals surface area contributed by atoms with E-state index in [1.165, 1.54) is 11.3 Å². The topological polar surface area (TPSA) is 157 Å². The number of piperazine rings is 1. The second kappa shape index (κ2) is 17.9. The van der Waals surface area contributed by atoms with Crippen LogP contribution in [0.1, 0.15) is 76.2 Å². The van der Waals surface area contributed by atoms with Crippen LogP contribution < -0.4 is 20.1 Å². The van der Waals surface area contributed by atoms with Gasteiger partial charge < -0.3 is 30.3 Å². The summed E-state index contributed by atoms with van der Waals surface area (Å²) in [6.07, 6.45) is -2.01. The Morgan fingerprint density at radius 2 is 1.74 bits per heavy atom. The Kier molecular flexibility index (Phi) is 13.6. The first-order chi connectivity index (χ1) is 25.6. The number of nitrogens with zero attached hydrogens (tertiary/aromatic N) is 4. The molecule has 1 aromatic heterocycles. The number of amides is 3. The monoisotopic (exact) mass is 764 g/mol. The Morgan fingerprint density at radius 1 is 1.02 bits per heavy atom.